The second-order valence-corrected chi connectivity index (χ2v) is 6.85. The molecule has 1 heterocycles. The van der Waals surface area contributed by atoms with Crippen LogP contribution in [-0.2, 0) is 5.41 Å². The van der Waals surface area contributed by atoms with Gasteiger partial charge in [0.05, 0.1) is 0 Å². The molecule has 110 valence electrons. The molecule has 0 fully saturated rings. The van der Waals surface area contributed by atoms with E-state index in [1.165, 1.54) is 17.3 Å². The Kier molecular flexibility index (Phi) is 4.65. The topological polar surface area (TPSA) is 69.0 Å². The molecule has 0 saturated heterocycles. The van der Waals surface area contributed by atoms with E-state index in [-0.39, 0.29) is 11.3 Å². The molecule has 0 bridgehead atoms. The number of amidine groups is 1. The Morgan fingerprint density at radius 3 is 2.43 bits per heavy atom. The summed E-state index contributed by atoms with van der Waals surface area (Å²) < 4.78 is 0. The maximum absolute atomic E-state index is 8.90. The number of hydrogen-bond acceptors (Lipinski definition) is 4. The molecule has 4 nitrogen and oxygen atoms in total. The Bertz CT molecular complexity index is 633. The van der Waals surface area contributed by atoms with Gasteiger partial charge in [0.1, 0.15) is 0 Å². The Balaban J connectivity index is 2.25. The minimum Gasteiger partial charge on any atom is -0.290 e. The molecule has 0 aliphatic rings. The van der Waals surface area contributed by atoms with E-state index in [2.05, 4.69) is 50.0 Å². The lowest BCUT2D eigenvalue weighted by Crippen LogP contribution is -2.19. The summed E-state index contributed by atoms with van der Waals surface area (Å²) in [4.78, 5) is 5.99. The van der Waals surface area contributed by atoms with Crippen molar-refractivity contribution in [2.24, 2.45) is 0 Å². The maximum Gasteiger partial charge on any atom is 0.150 e. The summed E-state index contributed by atoms with van der Waals surface area (Å²) in [6, 6.07) is 10.1. The first-order chi connectivity index (χ1) is 9.91. The Morgan fingerprint density at radius 2 is 1.86 bits per heavy atom. The first-order valence-electron chi connectivity index (χ1n) is 6.63. The Hall–Kier alpha value is -1.85. The zero-order chi connectivity index (χ0) is 15.5. The summed E-state index contributed by atoms with van der Waals surface area (Å²) >= 11 is 1.52. The largest absolute Gasteiger partial charge is 0.290 e. The molecule has 0 saturated carbocycles. The summed E-state index contributed by atoms with van der Waals surface area (Å²) in [5.74, 6) is -0.0359. The Labute approximate surface area is 129 Å². The number of aromatic nitrogens is 1. The number of hydrogen-bond donors (Lipinski definition) is 3. The van der Waals surface area contributed by atoms with Crippen molar-refractivity contribution >= 4 is 17.6 Å². The second kappa shape index (κ2) is 6.28. The highest BCUT2D eigenvalue weighted by atomic mass is 32.2. The van der Waals surface area contributed by atoms with Gasteiger partial charge in [-0.15, -0.1) is 0 Å². The van der Waals surface area contributed by atoms with Crippen LogP contribution >= 0.6 is 11.8 Å². The molecule has 2 rings (SSSR count). The van der Waals surface area contributed by atoms with Crippen molar-refractivity contribution in [2.75, 3.05) is 0 Å². The van der Waals surface area contributed by atoms with Crippen LogP contribution in [0.3, 0.4) is 0 Å². The van der Waals surface area contributed by atoms with Crippen molar-refractivity contribution in [3.8, 4) is 0 Å². The van der Waals surface area contributed by atoms with Crippen molar-refractivity contribution < 1.29 is 5.21 Å². The monoisotopic (exact) mass is 301 g/mol. The van der Waals surface area contributed by atoms with Crippen LogP contribution in [0.1, 0.15) is 31.9 Å². The zero-order valence-corrected chi connectivity index (χ0v) is 13.2. The quantitative estimate of drug-likeness (QED) is 0.458. The summed E-state index contributed by atoms with van der Waals surface area (Å²) in [5, 5.41) is 16.6. The SMILES string of the molecule is CC(C)(C)c1ccc(Sc2cnccc2C(=N)NO)cc1. The molecule has 0 atom stereocenters. The third-order valence-electron chi connectivity index (χ3n) is 3.11. The van der Waals surface area contributed by atoms with Gasteiger partial charge in [-0.1, -0.05) is 44.7 Å². The van der Waals surface area contributed by atoms with Crippen molar-refractivity contribution in [1.29, 1.82) is 5.41 Å². The zero-order valence-electron chi connectivity index (χ0n) is 12.3. The average Bonchev–Trinajstić information content (AvgIpc) is 2.46. The molecule has 2 aromatic rings. The molecule has 5 heteroatoms. The van der Waals surface area contributed by atoms with Gasteiger partial charge in [0, 0.05) is 27.7 Å². The third kappa shape index (κ3) is 3.83. The highest BCUT2D eigenvalue weighted by Crippen LogP contribution is 2.31. The molecule has 0 radical (unpaired) electrons. The van der Waals surface area contributed by atoms with Gasteiger partial charge in [0.15, 0.2) is 5.84 Å². The molecule has 0 aliphatic heterocycles. The summed E-state index contributed by atoms with van der Waals surface area (Å²) in [6.45, 7) is 6.55. The van der Waals surface area contributed by atoms with E-state index in [1.54, 1.807) is 18.5 Å². The summed E-state index contributed by atoms with van der Waals surface area (Å²) in [7, 11) is 0. The van der Waals surface area contributed by atoms with E-state index in [0.29, 0.717) is 5.56 Å². The van der Waals surface area contributed by atoms with Gasteiger partial charge in [-0.25, -0.2) is 0 Å². The summed E-state index contributed by atoms with van der Waals surface area (Å²) in [5.41, 5.74) is 3.91. The predicted molar refractivity (Wildman–Crippen MR) is 85.3 cm³/mol. The fourth-order valence-electron chi connectivity index (χ4n) is 1.88. The van der Waals surface area contributed by atoms with Gasteiger partial charge in [0.2, 0.25) is 0 Å². The second-order valence-electron chi connectivity index (χ2n) is 5.74. The molecule has 0 aliphatic carbocycles. The predicted octanol–water partition coefficient (Wildman–Crippen LogP) is 3.83. The van der Waals surface area contributed by atoms with Gasteiger partial charge < -0.3 is 0 Å². The minimum absolute atomic E-state index is 0.0359. The van der Waals surface area contributed by atoms with E-state index in [0.717, 1.165) is 9.79 Å². The molecule has 0 unspecified atom stereocenters. The molecule has 21 heavy (non-hydrogen) atoms. The van der Waals surface area contributed by atoms with Crippen LogP contribution in [0, 0.1) is 5.41 Å². The highest BCUT2D eigenvalue weighted by Gasteiger charge is 2.14. The highest BCUT2D eigenvalue weighted by molar-refractivity contribution is 7.99. The number of benzene rings is 1. The van der Waals surface area contributed by atoms with E-state index >= 15 is 0 Å². The van der Waals surface area contributed by atoms with Gasteiger partial charge in [-0.2, -0.15) is 0 Å². The summed E-state index contributed by atoms with van der Waals surface area (Å²) in [6.07, 6.45) is 3.30. The molecule has 0 amide bonds. The van der Waals surface area contributed by atoms with Crippen LogP contribution in [0.5, 0.6) is 0 Å². The normalized spacial score (nSPS) is 11.2. The van der Waals surface area contributed by atoms with Crippen LogP contribution in [0.15, 0.2) is 52.5 Å². The molecular formula is C16H19N3OS. The van der Waals surface area contributed by atoms with Gasteiger partial charge in [0.25, 0.3) is 0 Å². The van der Waals surface area contributed by atoms with E-state index in [4.69, 9.17) is 10.6 Å². The van der Waals surface area contributed by atoms with Crippen molar-refractivity contribution in [3.63, 3.8) is 0 Å². The molecule has 0 spiro atoms. The van der Waals surface area contributed by atoms with E-state index < -0.39 is 0 Å². The lowest BCUT2D eigenvalue weighted by Gasteiger charge is -2.19. The van der Waals surface area contributed by atoms with Crippen LogP contribution < -0.4 is 5.48 Å². The smallest absolute Gasteiger partial charge is 0.150 e. The van der Waals surface area contributed by atoms with Crippen molar-refractivity contribution in [2.45, 2.75) is 36.0 Å². The Morgan fingerprint density at radius 1 is 1.19 bits per heavy atom. The van der Waals surface area contributed by atoms with Gasteiger partial charge >= 0.3 is 0 Å². The molecule has 1 aromatic carbocycles. The third-order valence-corrected chi connectivity index (χ3v) is 4.17. The van der Waals surface area contributed by atoms with Crippen LogP contribution in [0.4, 0.5) is 0 Å². The fraction of sp³-hybridized carbons (Fsp3) is 0.250. The van der Waals surface area contributed by atoms with E-state index in [9.17, 15) is 0 Å². The number of rotatable bonds is 3. The number of hydroxylamine groups is 1. The van der Waals surface area contributed by atoms with Crippen molar-refractivity contribution in [1.82, 2.24) is 10.5 Å². The fourth-order valence-corrected chi connectivity index (χ4v) is 2.80. The van der Waals surface area contributed by atoms with E-state index in [1.807, 2.05) is 5.48 Å². The van der Waals surface area contributed by atoms with Crippen molar-refractivity contribution in [3.05, 3.63) is 53.9 Å². The lowest BCUT2D eigenvalue weighted by atomic mass is 9.87. The first-order valence-corrected chi connectivity index (χ1v) is 7.45. The van der Waals surface area contributed by atoms with Crippen LogP contribution in [0.25, 0.3) is 0 Å². The standard InChI is InChI=1S/C16H19N3OS/c1-16(2,3)11-4-6-12(7-5-11)21-14-10-18-9-8-13(14)15(17)19-20/h4-10,20H,1-3H3,(H2,17,19). The number of pyridine rings is 1. The van der Waals surface area contributed by atoms with Gasteiger partial charge in [-0.05, 0) is 29.2 Å². The first kappa shape index (κ1) is 15.5. The minimum atomic E-state index is -0.0359. The number of nitrogens with zero attached hydrogens (tertiary/aromatic N) is 1. The lowest BCUT2D eigenvalue weighted by molar-refractivity contribution is 0.234. The molecule has 3 N–H and O–H groups in total. The van der Waals surface area contributed by atoms with Crippen LogP contribution in [-0.4, -0.2) is 16.0 Å². The van der Waals surface area contributed by atoms with Gasteiger partial charge in [-0.3, -0.25) is 21.1 Å². The average molecular weight is 301 g/mol. The maximum atomic E-state index is 8.90. The van der Waals surface area contributed by atoms with Crippen LogP contribution in [0.2, 0.25) is 0 Å². The number of nitrogens with one attached hydrogen (secondary N) is 2. The molecular weight excluding hydrogens is 282 g/mol. The molecule has 1 aromatic heterocycles.